The van der Waals surface area contributed by atoms with Gasteiger partial charge in [-0.25, -0.2) is 4.39 Å². The predicted molar refractivity (Wildman–Crippen MR) is 74.9 cm³/mol. The summed E-state index contributed by atoms with van der Waals surface area (Å²) in [5.41, 5.74) is 1.55. The number of furan rings is 1. The fourth-order valence-electron chi connectivity index (χ4n) is 2.08. The van der Waals surface area contributed by atoms with E-state index in [0.717, 1.165) is 18.5 Å². The van der Waals surface area contributed by atoms with E-state index in [9.17, 15) is 4.39 Å². The van der Waals surface area contributed by atoms with Gasteiger partial charge in [0.05, 0.1) is 12.5 Å². The highest BCUT2D eigenvalue weighted by Crippen LogP contribution is 2.28. The lowest BCUT2D eigenvalue weighted by Crippen LogP contribution is -2.25. The van der Waals surface area contributed by atoms with Crippen LogP contribution in [0.5, 0.6) is 0 Å². The summed E-state index contributed by atoms with van der Waals surface area (Å²) in [6.45, 7) is 2.89. The molecule has 102 valence electrons. The van der Waals surface area contributed by atoms with Gasteiger partial charge in [-0.05, 0) is 43.1 Å². The second kappa shape index (κ2) is 6.73. The van der Waals surface area contributed by atoms with E-state index in [1.54, 1.807) is 24.7 Å². The normalized spacial score (nSPS) is 12.6. The van der Waals surface area contributed by atoms with E-state index in [1.807, 2.05) is 6.07 Å². The molecule has 0 amide bonds. The second-order valence-corrected chi connectivity index (χ2v) is 4.88. The minimum absolute atomic E-state index is 0.147. The molecule has 0 saturated carbocycles. The zero-order valence-electron chi connectivity index (χ0n) is 10.8. The Morgan fingerprint density at radius 1 is 1.37 bits per heavy atom. The molecular weight excluding hydrogens is 265 g/mol. The maximum Gasteiger partial charge on any atom is 0.129 e. The molecule has 2 rings (SSSR count). The summed E-state index contributed by atoms with van der Waals surface area (Å²) in [7, 11) is 0. The lowest BCUT2D eigenvalue weighted by atomic mass is 9.99. The van der Waals surface area contributed by atoms with Crippen molar-refractivity contribution in [1.82, 2.24) is 5.32 Å². The van der Waals surface area contributed by atoms with Crippen LogP contribution in [0.2, 0.25) is 5.02 Å². The smallest absolute Gasteiger partial charge is 0.129 e. The van der Waals surface area contributed by atoms with Crippen molar-refractivity contribution in [3.8, 4) is 0 Å². The molecule has 0 aliphatic heterocycles. The molecule has 0 spiro atoms. The first-order valence-electron chi connectivity index (χ1n) is 6.40. The number of nitrogens with one attached hydrogen (secondary N) is 1. The van der Waals surface area contributed by atoms with E-state index in [2.05, 4.69) is 12.2 Å². The van der Waals surface area contributed by atoms with Crippen LogP contribution in [0.3, 0.4) is 0 Å². The van der Waals surface area contributed by atoms with Crippen molar-refractivity contribution >= 4 is 11.6 Å². The third-order valence-electron chi connectivity index (χ3n) is 3.01. The topological polar surface area (TPSA) is 25.2 Å². The van der Waals surface area contributed by atoms with Gasteiger partial charge in [-0.2, -0.15) is 0 Å². The molecule has 1 aromatic heterocycles. The van der Waals surface area contributed by atoms with Crippen LogP contribution in [0.15, 0.2) is 41.2 Å². The molecule has 2 nitrogen and oxygen atoms in total. The van der Waals surface area contributed by atoms with E-state index in [1.165, 1.54) is 6.07 Å². The molecule has 1 unspecified atom stereocenters. The second-order valence-electron chi connectivity index (χ2n) is 4.48. The highest BCUT2D eigenvalue weighted by Gasteiger charge is 2.19. The summed E-state index contributed by atoms with van der Waals surface area (Å²) < 4.78 is 19.1. The van der Waals surface area contributed by atoms with Crippen LogP contribution in [0.1, 0.15) is 30.5 Å². The van der Waals surface area contributed by atoms with Gasteiger partial charge >= 0.3 is 0 Å². The van der Waals surface area contributed by atoms with E-state index in [4.69, 9.17) is 16.0 Å². The largest absolute Gasteiger partial charge is 0.472 e. The van der Waals surface area contributed by atoms with E-state index in [-0.39, 0.29) is 11.9 Å². The Labute approximate surface area is 117 Å². The predicted octanol–water partition coefficient (Wildman–Crippen LogP) is 4.36. The Morgan fingerprint density at radius 2 is 2.21 bits per heavy atom. The summed E-state index contributed by atoms with van der Waals surface area (Å²) in [5.74, 6) is -0.274. The first kappa shape index (κ1) is 14.1. The average Bonchev–Trinajstić information content (AvgIpc) is 2.88. The van der Waals surface area contributed by atoms with Crippen molar-refractivity contribution in [2.24, 2.45) is 0 Å². The number of hydrogen-bond donors (Lipinski definition) is 1. The lowest BCUT2D eigenvalue weighted by molar-refractivity contribution is 0.493. The molecule has 1 heterocycles. The van der Waals surface area contributed by atoms with E-state index >= 15 is 0 Å². The van der Waals surface area contributed by atoms with Crippen molar-refractivity contribution in [2.75, 3.05) is 6.54 Å². The summed E-state index contributed by atoms with van der Waals surface area (Å²) in [4.78, 5) is 0. The molecule has 1 atom stereocenters. The Kier molecular flexibility index (Phi) is 5.00. The summed E-state index contributed by atoms with van der Waals surface area (Å²) >= 11 is 6.14. The van der Waals surface area contributed by atoms with Crippen molar-refractivity contribution < 1.29 is 8.81 Å². The molecular formula is C15H17ClFNO. The molecule has 0 radical (unpaired) electrons. The Hall–Kier alpha value is -1.32. The van der Waals surface area contributed by atoms with Gasteiger partial charge in [0.1, 0.15) is 5.82 Å². The maximum absolute atomic E-state index is 14.0. The van der Waals surface area contributed by atoms with E-state index in [0.29, 0.717) is 17.0 Å². The van der Waals surface area contributed by atoms with Crippen LogP contribution >= 0.6 is 11.6 Å². The molecule has 2 aromatic rings. The Balaban J connectivity index is 2.26. The summed E-state index contributed by atoms with van der Waals surface area (Å²) in [6.07, 6.45) is 4.93. The van der Waals surface area contributed by atoms with Crippen molar-refractivity contribution in [2.45, 2.75) is 25.8 Å². The highest BCUT2D eigenvalue weighted by atomic mass is 35.5. The number of hydrogen-bond acceptors (Lipinski definition) is 2. The van der Waals surface area contributed by atoms with Crippen molar-refractivity contribution in [1.29, 1.82) is 0 Å². The first-order chi connectivity index (χ1) is 9.22. The Morgan fingerprint density at radius 3 is 2.84 bits per heavy atom. The lowest BCUT2D eigenvalue weighted by Gasteiger charge is -2.20. The van der Waals surface area contributed by atoms with Gasteiger partial charge in [-0.3, -0.25) is 0 Å². The summed E-state index contributed by atoms with van der Waals surface area (Å²) in [5, 5.41) is 3.80. The van der Waals surface area contributed by atoms with Crippen molar-refractivity contribution in [3.05, 3.63) is 58.8 Å². The minimum Gasteiger partial charge on any atom is -0.472 e. The number of rotatable bonds is 6. The Bertz CT molecular complexity index is 493. The monoisotopic (exact) mass is 281 g/mol. The van der Waals surface area contributed by atoms with Gasteiger partial charge in [-0.1, -0.05) is 24.6 Å². The fourth-order valence-corrected chi connectivity index (χ4v) is 2.38. The van der Waals surface area contributed by atoms with Crippen molar-refractivity contribution in [3.63, 3.8) is 0 Å². The highest BCUT2D eigenvalue weighted by molar-refractivity contribution is 6.31. The SMILES string of the molecule is CCCNC(Cc1ccoc1)c1c(F)cccc1Cl. The van der Waals surface area contributed by atoms with Crippen LogP contribution in [0, 0.1) is 5.82 Å². The van der Waals surface area contributed by atoms with Gasteiger partial charge in [0.25, 0.3) is 0 Å². The molecule has 19 heavy (non-hydrogen) atoms. The minimum atomic E-state index is -0.274. The molecule has 0 aliphatic carbocycles. The zero-order valence-corrected chi connectivity index (χ0v) is 11.6. The molecule has 0 bridgehead atoms. The van der Waals surface area contributed by atoms with Crippen LogP contribution in [-0.2, 0) is 6.42 Å². The molecule has 0 aliphatic rings. The standard InChI is InChI=1S/C15H17ClFNO/c1-2-7-18-14(9-11-6-8-19-10-11)15-12(16)4-3-5-13(15)17/h3-6,8,10,14,18H,2,7,9H2,1H3. The van der Waals surface area contributed by atoms with Crippen LogP contribution in [0.4, 0.5) is 4.39 Å². The number of halogens is 2. The maximum atomic E-state index is 14.0. The summed E-state index contributed by atoms with van der Waals surface area (Å²) in [6, 6.07) is 6.52. The molecule has 4 heteroatoms. The fraction of sp³-hybridized carbons (Fsp3) is 0.333. The zero-order chi connectivity index (χ0) is 13.7. The third kappa shape index (κ3) is 3.58. The van der Waals surface area contributed by atoms with Crippen LogP contribution in [-0.4, -0.2) is 6.54 Å². The average molecular weight is 282 g/mol. The molecule has 1 aromatic carbocycles. The molecule has 0 saturated heterocycles. The van der Waals surface area contributed by atoms with Gasteiger partial charge in [0.15, 0.2) is 0 Å². The molecule has 1 N–H and O–H groups in total. The number of benzene rings is 1. The van der Waals surface area contributed by atoms with Gasteiger partial charge < -0.3 is 9.73 Å². The van der Waals surface area contributed by atoms with Crippen LogP contribution < -0.4 is 5.32 Å². The van der Waals surface area contributed by atoms with Gasteiger partial charge in [0.2, 0.25) is 0 Å². The quantitative estimate of drug-likeness (QED) is 0.851. The first-order valence-corrected chi connectivity index (χ1v) is 6.78. The van der Waals surface area contributed by atoms with Crippen LogP contribution in [0.25, 0.3) is 0 Å². The third-order valence-corrected chi connectivity index (χ3v) is 3.34. The molecule has 0 fully saturated rings. The van der Waals surface area contributed by atoms with Gasteiger partial charge in [-0.15, -0.1) is 0 Å². The van der Waals surface area contributed by atoms with Gasteiger partial charge in [0, 0.05) is 16.6 Å². The van der Waals surface area contributed by atoms with E-state index < -0.39 is 0 Å².